The summed E-state index contributed by atoms with van der Waals surface area (Å²) in [6.07, 6.45) is 0.610. The Morgan fingerprint density at radius 3 is 2.39 bits per heavy atom. The predicted molar refractivity (Wildman–Crippen MR) is 110 cm³/mol. The molecule has 148 valence electrons. The number of nitrogens with one attached hydrogen (secondary N) is 1. The molecule has 0 atom stereocenters. The predicted octanol–water partition coefficient (Wildman–Crippen LogP) is 4.01. The number of para-hydroxylation sites is 1. The molecular formula is C23H28N2O3. The molecule has 1 amide bonds. The van der Waals surface area contributed by atoms with Crippen LogP contribution in [0, 0.1) is 11.3 Å². The fourth-order valence-corrected chi connectivity index (χ4v) is 2.76. The van der Waals surface area contributed by atoms with E-state index in [1.165, 1.54) is 5.56 Å². The SMILES string of the molecule is CC(C)(C)c1ccccc1OCCOc1ccc(CCNC(=O)CC#N)cc1. The van der Waals surface area contributed by atoms with Crippen LogP contribution in [0.2, 0.25) is 0 Å². The van der Waals surface area contributed by atoms with Crippen LogP contribution in [-0.4, -0.2) is 25.7 Å². The van der Waals surface area contributed by atoms with Gasteiger partial charge in [-0.15, -0.1) is 0 Å². The number of hydrogen-bond donors (Lipinski definition) is 1. The second kappa shape index (κ2) is 10.4. The van der Waals surface area contributed by atoms with Gasteiger partial charge in [-0.2, -0.15) is 5.26 Å². The highest BCUT2D eigenvalue weighted by Gasteiger charge is 2.18. The quantitative estimate of drug-likeness (QED) is 0.667. The molecule has 0 saturated carbocycles. The zero-order valence-electron chi connectivity index (χ0n) is 16.8. The first kappa shape index (κ1) is 21.3. The van der Waals surface area contributed by atoms with Crippen molar-refractivity contribution >= 4 is 5.91 Å². The van der Waals surface area contributed by atoms with Gasteiger partial charge in [-0.25, -0.2) is 0 Å². The number of hydrogen-bond acceptors (Lipinski definition) is 4. The van der Waals surface area contributed by atoms with Crippen molar-refractivity contribution in [2.24, 2.45) is 0 Å². The van der Waals surface area contributed by atoms with Crippen LogP contribution in [0.1, 0.15) is 38.3 Å². The maximum atomic E-state index is 11.2. The summed E-state index contributed by atoms with van der Waals surface area (Å²) >= 11 is 0. The Kier molecular flexibility index (Phi) is 7.88. The zero-order chi connectivity index (χ0) is 20.4. The number of amides is 1. The second-order valence-electron chi connectivity index (χ2n) is 7.52. The number of nitriles is 1. The van der Waals surface area contributed by atoms with E-state index >= 15 is 0 Å². The van der Waals surface area contributed by atoms with E-state index in [1.54, 1.807) is 0 Å². The van der Waals surface area contributed by atoms with Gasteiger partial charge in [0.05, 0.1) is 6.07 Å². The monoisotopic (exact) mass is 380 g/mol. The molecule has 0 heterocycles. The molecule has 5 nitrogen and oxygen atoms in total. The third-order valence-electron chi connectivity index (χ3n) is 4.20. The van der Waals surface area contributed by atoms with Crippen molar-refractivity contribution in [1.29, 1.82) is 5.26 Å². The molecule has 2 aromatic rings. The van der Waals surface area contributed by atoms with Crippen LogP contribution in [0.25, 0.3) is 0 Å². The molecule has 0 aliphatic rings. The van der Waals surface area contributed by atoms with E-state index in [4.69, 9.17) is 14.7 Å². The van der Waals surface area contributed by atoms with Crippen LogP contribution in [0.15, 0.2) is 48.5 Å². The molecule has 2 rings (SSSR count). The number of nitrogens with zero attached hydrogens (tertiary/aromatic N) is 1. The van der Waals surface area contributed by atoms with Crippen molar-refractivity contribution in [2.45, 2.75) is 39.0 Å². The number of rotatable bonds is 9. The summed E-state index contributed by atoms with van der Waals surface area (Å²) in [5, 5.41) is 11.2. The van der Waals surface area contributed by atoms with Crippen LogP contribution < -0.4 is 14.8 Å². The van der Waals surface area contributed by atoms with Crippen LogP contribution in [0.5, 0.6) is 11.5 Å². The Hall–Kier alpha value is -3.00. The Morgan fingerprint density at radius 2 is 1.71 bits per heavy atom. The van der Waals surface area contributed by atoms with Crippen LogP contribution in [0.3, 0.4) is 0 Å². The summed E-state index contributed by atoms with van der Waals surface area (Å²) in [7, 11) is 0. The summed E-state index contributed by atoms with van der Waals surface area (Å²) in [5.74, 6) is 1.44. The van der Waals surface area contributed by atoms with Crippen molar-refractivity contribution < 1.29 is 14.3 Å². The topological polar surface area (TPSA) is 71.3 Å². The summed E-state index contributed by atoms with van der Waals surface area (Å²) in [4.78, 5) is 11.2. The molecule has 28 heavy (non-hydrogen) atoms. The fourth-order valence-electron chi connectivity index (χ4n) is 2.76. The molecule has 0 saturated heterocycles. The van der Waals surface area contributed by atoms with Gasteiger partial charge in [-0.1, -0.05) is 51.1 Å². The Labute approximate surface area is 167 Å². The zero-order valence-corrected chi connectivity index (χ0v) is 16.8. The van der Waals surface area contributed by atoms with E-state index in [2.05, 4.69) is 32.2 Å². The van der Waals surface area contributed by atoms with E-state index < -0.39 is 0 Å². The Morgan fingerprint density at radius 1 is 1.04 bits per heavy atom. The lowest BCUT2D eigenvalue weighted by molar-refractivity contribution is -0.120. The van der Waals surface area contributed by atoms with Crippen LogP contribution >= 0.6 is 0 Å². The first-order valence-corrected chi connectivity index (χ1v) is 9.48. The minimum Gasteiger partial charge on any atom is -0.490 e. The first-order valence-electron chi connectivity index (χ1n) is 9.48. The van der Waals surface area contributed by atoms with Crippen molar-refractivity contribution in [1.82, 2.24) is 5.32 Å². The van der Waals surface area contributed by atoms with Gasteiger partial charge in [0.2, 0.25) is 5.91 Å². The Balaban J connectivity index is 1.74. The number of benzene rings is 2. The summed E-state index contributed by atoms with van der Waals surface area (Å²) in [6.45, 7) is 7.95. The average Bonchev–Trinajstić information content (AvgIpc) is 2.66. The molecule has 0 fully saturated rings. The number of carbonyl (C=O) groups excluding carboxylic acids is 1. The van der Waals surface area contributed by atoms with Crippen molar-refractivity contribution in [3.05, 3.63) is 59.7 Å². The number of ether oxygens (including phenoxy) is 2. The van der Waals surface area contributed by atoms with E-state index in [0.717, 1.165) is 17.1 Å². The summed E-state index contributed by atoms with van der Waals surface area (Å²) < 4.78 is 11.7. The highest BCUT2D eigenvalue weighted by atomic mass is 16.5. The van der Waals surface area contributed by atoms with E-state index in [0.29, 0.717) is 26.2 Å². The molecule has 0 aromatic heterocycles. The van der Waals surface area contributed by atoms with E-state index in [9.17, 15) is 4.79 Å². The second-order valence-corrected chi connectivity index (χ2v) is 7.52. The van der Waals surface area contributed by atoms with E-state index in [1.807, 2.05) is 48.5 Å². The lowest BCUT2D eigenvalue weighted by Crippen LogP contribution is -2.24. The Bertz CT molecular complexity index is 802. The third-order valence-corrected chi connectivity index (χ3v) is 4.20. The highest BCUT2D eigenvalue weighted by molar-refractivity contribution is 5.77. The molecule has 2 aromatic carbocycles. The van der Waals surface area contributed by atoms with Crippen molar-refractivity contribution in [2.75, 3.05) is 19.8 Å². The van der Waals surface area contributed by atoms with Gasteiger partial charge in [-0.3, -0.25) is 4.79 Å². The largest absolute Gasteiger partial charge is 0.490 e. The van der Waals surface area contributed by atoms with Crippen molar-refractivity contribution in [3.8, 4) is 17.6 Å². The van der Waals surface area contributed by atoms with Gasteiger partial charge < -0.3 is 14.8 Å². The minimum absolute atomic E-state index is 0.0291. The van der Waals surface area contributed by atoms with Gasteiger partial charge >= 0.3 is 0 Å². The van der Waals surface area contributed by atoms with Gasteiger partial charge in [0.15, 0.2) is 0 Å². The molecule has 0 spiro atoms. The maximum absolute atomic E-state index is 11.2. The van der Waals surface area contributed by atoms with Gasteiger partial charge in [0, 0.05) is 6.54 Å². The first-order chi connectivity index (χ1) is 13.4. The van der Waals surface area contributed by atoms with Gasteiger partial charge in [0.1, 0.15) is 31.1 Å². The maximum Gasteiger partial charge on any atom is 0.234 e. The normalized spacial score (nSPS) is 10.8. The average molecular weight is 380 g/mol. The molecule has 0 aliphatic heterocycles. The molecule has 0 aliphatic carbocycles. The molecule has 1 N–H and O–H groups in total. The van der Waals surface area contributed by atoms with Crippen LogP contribution in [0.4, 0.5) is 0 Å². The van der Waals surface area contributed by atoms with Gasteiger partial charge in [0.25, 0.3) is 0 Å². The van der Waals surface area contributed by atoms with E-state index in [-0.39, 0.29) is 17.7 Å². The number of carbonyl (C=O) groups is 1. The van der Waals surface area contributed by atoms with Gasteiger partial charge in [-0.05, 0) is 41.2 Å². The minimum atomic E-state index is -0.240. The third kappa shape index (κ3) is 6.96. The smallest absolute Gasteiger partial charge is 0.234 e. The standard InChI is InChI=1S/C23H28N2O3/c1-23(2,3)20-6-4-5-7-21(20)28-17-16-27-19-10-8-18(9-11-19)13-15-25-22(26)12-14-24/h4-11H,12-13,15-17H2,1-3H3,(H,25,26). The van der Waals surface area contributed by atoms with Crippen LogP contribution in [-0.2, 0) is 16.6 Å². The molecule has 0 radical (unpaired) electrons. The summed E-state index contributed by atoms with van der Waals surface area (Å²) in [5.41, 5.74) is 2.31. The lowest BCUT2D eigenvalue weighted by Gasteiger charge is -2.22. The highest BCUT2D eigenvalue weighted by Crippen LogP contribution is 2.30. The fraction of sp³-hybridized carbons (Fsp3) is 0.391. The molecule has 0 bridgehead atoms. The molecule has 5 heteroatoms. The molecular weight excluding hydrogens is 352 g/mol. The van der Waals surface area contributed by atoms with Crippen molar-refractivity contribution in [3.63, 3.8) is 0 Å². The summed E-state index contributed by atoms with van der Waals surface area (Å²) in [6, 6.07) is 17.7. The molecule has 0 unspecified atom stereocenters. The lowest BCUT2D eigenvalue weighted by atomic mass is 9.86.